The van der Waals surface area contributed by atoms with E-state index < -0.39 is 0 Å². The molecule has 0 fully saturated rings. The normalized spacial score (nSPS) is 10.5. The van der Waals surface area contributed by atoms with Gasteiger partial charge in [0.15, 0.2) is 0 Å². The van der Waals surface area contributed by atoms with Crippen LogP contribution in [-0.4, -0.2) is 6.61 Å². The molecule has 0 amide bonds. The molecule has 0 unspecified atom stereocenters. The summed E-state index contributed by atoms with van der Waals surface area (Å²) in [6.07, 6.45) is 1.12. The van der Waals surface area contributed by atoms with Crippen molar-refractivity contribution in [3.63, 3.8) is 0 Å². The molecule has 1 rings (SSSR count). The Morgan fingerprint density at radius 1 is 1.38 bits per heavy atom. The predicted octanol–water partition coefficient (Wildman–Crippen LogP) is 3.72. The average Bonchev–Trinajstić information content (AvgIpc) is 2.03. The van der Waals surface area contributed by atoms with Gasteiger partial charge in [-0.1, -0.05) is 19.9 Å². The molecular weight excluding hydrogens is 275 g/mol. The van der Waals surface area contributed by atoms with Crippen LogP contribution in [0.25, 0.3) is 0 Å². The van der Waals surface area contributed by atoms with Gasteiger partial charge in [0.1, 0.15) is 5.75 Å². The molecule has 1 aromatic carbocycles. The lowest BCUT2D eigenvalue weighted by molar-refractivity contribution is 0.289. The standard InChI is InChI=1S/C11H15IO/c1-9(2)6-7-13-11-5-3-4-10(12)8-11/h3-5,8-9H,6-7H2,1-2H3. The van der Waals surface area contributed by atoms with Gasteiger partial charge in [-0.2, -0.15) is 0 Å². The molecule has 1 nitrogen and oxygen atoms in total. The topological polar surface area (TPSA) is 9.23 Å². The van der Waals surface area contributed by atoms with Gasteiger partial charge in [0.25, 0.3) is 0 Å². The summed E-state index contributed by atoms with van der Waals surface area (Å²) < 4.78 is 6.81. The smallest absolute Gasteiger partial charge is 0.120 e. The van der Waals surface area contributed by atoms with E-state index in [4.69, 9.17) is 4.74 Å². The van der Waals surface area contributed by atoms with Crippen LogP contribution in [0.4, 0.5) is 0 Å². The first-order valence-corrected chi connectivity index (χ1v) is 5.64. The van der Waals surface area contributed by atoms with Gasteiger partial charge < -0.3 is 4.74 Å². The van der Waals surface area contributed by atoms with Crippen LogP contribution in [0.2, 0.25) is 0 Å². The summed E-state index contributed by atoms with van der Waals surface area (Å²) in [5, 5.41) is 0. The molecule has 0 aliphatic carbocycles. The molecule has 0 aliphatic rings. The number of halogens is 1. The van der Waals surface area contributed by atoms with Crippen molar-refractivity contribution in [3.05, 3.63) is 27.8 Å². The van der Waals surface area contributed by atoms with Crippen molar-refractivity contribution in [3.8, 4) is 5.75 Å². The van der Waals surface area contributed by atoms with Gasteiger partial charge in [0.05, 0.1) is 6.61 Å². The van der Waals surface area contributed by atoms with E-state index in [-0.39, 0.29) is 0 Å². The van der Waals surface area contributed by atoms with E-state index in [1.807, 2.05) is 12.1 Å². The fourth-order valence-electron chi connectivity index (χ4n) is 0.969. The van der Waals surface area contributed by atoms with E-state index in [9.17, 15) is 0 Å². The van der Waals surface area contributed by atoms with E-state index in [1.165, 1.54) is 3.57 Å². The van der Waals surface area contributed by atoms with E-state index in [0.717, 1.165) is 18.8 Å². The van der Waals surface area contributed by atoms with Gasteiger partial charge in [0, 0.05) is 3.57 Å². The van der Waals surface area contributed by atoms with Crippen molar-refractivity contribution in [1.82, 2.24) is 0 Å². The van der Waals surface area contributed by atoms with Crippen molar-refractivity contribution in [2.45, 2.75) is 20.3 Å². The minimum absolute atomic E-state index is 0.711. The molecular formula is C11H15IO. The monoisotopic (exact) mass is 290 g/mol. The number of hydrogen-bond acceptors (Lipinski definition) is 1. The van der Waals surface area contributed by atoms with Gasteiger partial charge in [-0.25, -0.2) is 0 Å². The molecule has 72 valence electrons. The Morgan fingerprint density at radius 3 is 2.77 bits per heavy atom. The zero-order chi connectivity index (χ0) is 9.68. The minimum Gasteiger partial charge on any atom is -0.494 e. The zero-order valence-electron chi connectivity index (χ0n) is 8.09. The van der Waals surface area contributed by atoms with E-state index >= 15 is 0 Å². The maximum Gasteiger partial charge on any atom is 0.120 e. The molecule has 0 aliphatic heterocycles. The summed E-state index contributed by atoms with van der Waals surface area (Å²) in [5.74, 6) is 1.69. The Bertz CT molecular complexity index is 258. The van der Waals surface area contributed by atoms with Crippen LogP contribution in [0.1, 0.15) is 20.3 Å². The Labute approximate surface area is 93.6 Å². The lowest BCUT2D eigenvalue weighted by Crippen LogP contribution is -2.01. The minimum atomic E-state index is 0.711. The molecule has 0 N–H and O–H groups in total. The highest BCUT2D eigenvalue weighted by Crippen LogP contribution is 2.15. The lowest BCUT2D eigenvalue weighted by Gasteiger charge is -2.07. The van der Waals surface area contributed by atoms with Crippen LogP contribution < -0.4 is 4.74 Å². The second kappa shape index (κ2) is 5.47. The van der Waals surface area contributed by atoms with Crippen molar-refractivity contribution in [1.29, 1.82) is 0 Å². The number of rotatable bonds is 4. The van der Waals surface area contributed by atoms with Crippen LogP contribution in [0.15, 0.2) is 24.3 Å². The molecule has 0 radical (unpaired) electrons. The molecule has 0 saturated carbocycles. The highest BCUT2D eigenvalue weighted by molar-refractivity contribution is 14.1. The van der Waals surface area contributed by atoms with Gasteiger partial charge in [0.2, 0.25) is 0 Å². The van der Waals surface area contributed by atoms with Crippen LogP contribution in [0.5, 0.6) is 5.75 Å². The maximum absolute atomic E-state index is 5.59. The highest BCUT2D eigenvalue weighted by Gasteiger charge is 1.96. The Morgan fingerprint density at radius 2 is 2.15 bits per heavy atom. The van der Waals surface area contributed by atoms with Gasteiger partial charge in [-0.3, -0.25) is 0 Å². The first-order valence-electron chi connectivity index (χ1n) is 4.57. The number of hydrogen-bond donors (Lipinski definition) is 0. The van der Waals surface area contributed by atoms with Crippen LogP contribution in [0, 0.1) is 9.49 Å². The van der Waals surface area contributed by atoms with E-state index in [0.29, 0.717) is 5.92 Å². The van der Waals surface area contributed by atoms with Crippen LogP contribution in [0.3, 0.4) is 0 Å². The summed E-state index contributed by atoms with van der Waals surface area (Å²) in [5.41, 5.74) is 0. The molecule has 0 bridgehead atoms. The molecule has 0 saturated heterocycles. The highest BCUT2D eigenvalue weighted by atomic mass is 127. The number of ether oxygens (including phenoxy) is 1. The molecule has 0 aromatic heterocycles. The SMILES string of the molecule is CC(C)CCOc1cccc(I)c1. The lowest BCUT2D eigenvalue weighted by atomic mass is 10.1. The summed E-state index contributed by atoms with van der Waals surface area (Å²) in [6, 6.07) is 8.14. The molecule has 13 heavy (non-hydrogen) atoms. The second-order valence-electron chi connectivity index (χ2n) is 3.49. The maximum atomic E-state index is 5.59. The first-order chi connectivity index (χ1) is 6.18. The first kappa shape index (κ1) is 10.8. The van der Waals surface area contributed by atoms with Crippen molar-refractivity contribution in [2.24, 2.45) is 5.92 Å². The summed E-state index contributed by atoms with van der Waals surface area (Å²) in [7, 11) is 0. The molecule has 0 spiro atoms. The van der Waals surface area contributed by atoms with Gasteiger partial charge >= 0.3 is 0 Å². The fraction of sp³-hybridized carbons (Fsp3) is 0.455. The Kier molecular flexibility index (Phi) is 4.56. The van der Waals surface area contributed by atoms with Crippen molar-refractivity contribution in [2.75, 3.05) is 6.61 Å². The third kappa shape index (κ3) is 4.50. The van der Waals surface area contributed by atoms with Gasteiger partial charge in [-0.15, -0.1) is 0 Å². The molecule has 1 aromatic rings. The molecule has 2 heteroatoms. The quantitative estimate of drug-likeness (QED) is 0.768. The average molecular weight is 290 g/mol. The Hall–Kier alpha value is -0.250. The van der Waals surface area contributed by atoms with E-state index in [2.05, 4.69) is 48.6 Å². The number of benzene rings is 1. The van der Waals surface area contributed by atoms with E-state index in [1.54, 1.807) is 0 Å². The summed E-state index contributed by atoms with van der Waals surface area (Å²) in [6.45, 7) is 5.23. The van der Waals surface area contributed by atoms with Crippen LogP contribution >= 0.6 is 22.6 Å². The molecule has 0 atom stereocenters. The molecule has 0 heterocycles. The Balaban J connectivity index is 2.37. The third-order valence-electron chi connectivity index (χ3n) is 1.76. The van der Waals surface area contributed by atoms with Gasteiger partial charge in [-0.05, 0) is 53.1 Å². The second-order valence-corrected chi connectivity index (χ2v) is 4.73. The summed E-state index contributed by atoms with van der Waals surface area (Å²) >= 11 is 2.29. The third-order valence-corrected chi connectivity index (χ3v) is 2.43. The van der Waals surface area contributed by atoms with Crippen molar-refractivity contribution >= 4 is 22.6 Å². The summed E-state index contributed by atoms with van der Waals surface area (Å²) in [4.78, 5) is 0. The van der Waals surface area contributed by atoms with Crippen molar-refractivity contribution < 1.29 is 4.74 Å². The predicted molar refractivity (Wildman–Crippen MR) is 64.1 cm³/mol. The zero-order valence-corrected chi connectivity index (χ0v) is 10.2. The largest absolute Gasteiger partial charge is 0.494 e. The van der Waals surface area contributed by atoms with Crippen LogP contribution in [-0.2, 0) is 0 Å². The fourth-order valence-corrected chi connectivity index (χ4v) is 1.48.